The van der Waals surface area contributed by atoms with Crippen LogP contribution < -0.4 is 0 Å². The second-order valence-corrected chi connectivity index (χ2v) is 19.9. The van der Waals surface area contributed by atoms with Crippen LogP contribution in [0.15, 0.2) is 36.5 Å². The second-order valence-electron chi connectivity index (χ2n) is 19.9. The Kier molecular flexibility index (Phi) is 54.2. The zero-order valence-corrected chi connectivity index (χ0v) is 44.9. The van der Waals surface area contributed by atoms with Crippen LogP contribution in [-0.4, -0.2) is 37.2 Å². The Labute approximate surface area is 416 Å². The molecule has 67 heavy (non-hydrogen) atoms. The van der Waals surface area contributed by atoms with Crippen LogP contribution in [0.25, 0.3) is 0 Å². The highest BCUT2D eigenvalue weighted by atomic mass is 16.6. The number of carbonyl (C=O) groups is 3. The predicted octanol–water partition coefficient (Wildman–Crippen LogP) is 19.7. The lowest BCUT2D eigenvalue weighted by Crippen LogP contribution is -2.30. The van der Waals surface area contributed by atoms with Crippen molar-refractivity contribution in [1.29, 1.82) is 0 Å². The van der Waals surface area contributed by atoms with Crippen molar-refractivity contribution in [1.82, 2.24) is 0 Å². The van der Waals surface area contributed by atoms with Gasteiger partial charge in [0.05, 0.1) is 0 Å². The molecular formula is C61H112O6. The van der Waals surface area contributed by atoms with Crippen LogP contribution in [0.4, 0.5) is 0 Å². The number of unbranched alkanes of at least 4 members (excludes halogenated alkanes) is 37. The molecule has 0 aliphatic carbocycles. The molecule has 0 aliphatic heterocycles. The minimum Gasteiger partial charge on any atom is -0.462 e. The molecule has 0 N–H and O–H groups in total. The van der Waals surface area contributed by atoms with Crippen molar-refractivity contribution >= 4 is 17.9 Å². The highest BCUT2D eigenvalue weighted by Crippen LogP contribution is 2.17. The largest absolute Gasteiger partial charge is 0.462 e. The molecule has 0 aromatic carbocycles. The van der Waals surface area contributed by atoms with Crippen LogP contribution in [0.3, 0.4) is 0 Å². The van der Waals surface area contributed by atoms with Gasteiger partial charge in [0.2, 0.25) is 0 Å². The number of esters is 3. The van der Waals surface area contributed by atoms with Crippen LogP contribution in [0.5, 0.6) is 0 Å². The van der Waals surface area contributed by atoms with Crippen molar-refractivity contribution in [3.8, 4) is 0 Å². The third-order valence-electron chi connectivity index (χ3n) is 13.2. The molecule has 0 fully saturated rings. The molecule has 0 spiro atoms. The first-order valence-electron chi connectivity index (χ1n) is 29.5. The molecule has 0 aromatic rings. The summed E-state index contributed by atoms with van der Waals surface area (Å²) in [6.45, 7) is 6.57. The average molecular weight is 942 g/mol. The minimum absolute atomic E-state index is 0.0725. The van der Waals surface area contributed by atoms with Gasteiger partial charge in [0, 0.05) is 19.3 Å². The van der Waals surface area contributed by atoms with E-state index >= 15 is 0 Å². The van der Waals surface area contributed by atoms with E-state index in [-0.39, 0.29) is 31.1 Å². The Morgan fingerprint density at radius 1 is 0.313 bits per heavy atom. The summed E-state index contributed by atoms with van der Waals surface area (Å²) in [4.78, 5) is 38.2. The number of carbonyl (C=O) groups excluding carboxylic acids is 3. The SMILES string of the molecule is CC/C=C\C/C=C\C/C=C\CCCCCCCCC(=O)OC(COC(=O)CCCCCCCCCCCCCCCCCC)COC(=O)CCCCCCCCCCCCCCCCCCC. The van der Waals surface area contributed by atoms with Gasteiger partial charge in [0.1, 0.15) is 13.2 Å². The summed E-state index contributed by atoms with van der Waals surface area (Å²) in [6, 6.07) is 0. The fraction of sp³-hybridized carbons (Fsp3) is 0.852. The normalized spacial score (nSPS) is 12.2. The monoisotopic (exact) mass is 941 g/mol. The number of allylic oxidation sites excluding steroid dienone is 6. The lowest BCUT2D eigenvalue weighted by molar-refractivity contribution is -0.167. The number of rotatable bonds is 54. The zero-order chi connectivity index (χ0) is 48.6. The van der Waals surface area contributed by atoms with E-state index < -0.39 is 6.10 Å². The maximum absolute atomic E-state index is 12.9. The van der Waals surface area contributed by atoms with Crippen LogP contribution >= 0.6 is 0 Å². The van der Waals surface area contributed by atoms with E-state index in [9.17, 15) is 14.4 Å². The Morgan fingerprint density at radius 3 is 0.910 bits per heavy atom. The van der Waals surface area contributed by atoms with E-state index in [2.05, 4.69) is 57.2 Å². The molecule has 1 atom stereocenters. The van der Waals surface area contributed by atoms with Crippen LogP contribution in [-0.2, 0) is 28.6 Å². The molecule has 0 saturated carbocycles. The molecule has 6 heteroatoms. The first-order valence-corrected chi connectivity index (χ1v) is 29.5. The van der Waals surface area contributed by atoms with Gasteiger partial charge in [-0.05, 0) is 51.4 Å². The molecule has 1 unspecified atom stereocenters. The number of hydrogen-bond donors (Lipinski definition) is 0. The van der Waals surface area contributed by atoms with Crippen LogP contribution in [0.1, 0.15) is 316 Å². The molecule has 0 aromatic heterocycles. The van der Waals surface area contributed by atoms with Crippen molar-refractivity contribution < 1.29 is 28.6 Å². The van der Waals surface area contributed by atoms with Crippen LogP contribution in [0.2, 0.25) is 0 Å². The smallest absolute Gasteiger partial charge is 0.306 e. The zero-order valence-electron chi connectivity index (χ0n) is 44.9. The quantitative estimate of drug-likeness (QED) is 0.0262. The first-order chi connectivity index (χ1) is 33.0. The van der Waals surface area contributed by atoms with Crippen molar-refractivity contribution in [2.24, 2.45) is 0 Å². The lowest BCUT2D eigenvalue weighted by Gasteiger charge is -2.18. The summed E-state index contributed by atoms with van der Waals surface area (Å²) in [5.74, 6) is -0.864. The predicted molar refractivity (Wildman–Crippen MR) is 289 cm³/mol. The third-order valence-corrected chi connectivity index (χ3v) is 13.2. The molecule has 6 nitrogen and oxygen atoms in total. The standard InChI is InChI=1S/C61H112O6/c1-4-7-10-13-16-19-22-25-28-31-34-36-39-42-45-48-51-54-60(63)66-57-58(67-61(64)55-52-49-46-43-40-37-33-30-27-24-21-18-15-12-9-6-3)56-65-59(62)53-50-47-44-41-38-35-32-29-26-23-20-17-14-11-8-5-2/h9,12,18,21,27,30,58H,4-8,10-11,13-17,19-20,22-26,28-29,31-57H2,1-3H3/b12-9-,21-18-,30-27-. The fourth-order valence-electron chi connectivity index (χ4n) is 8.75. The Bertz CT molecular complexity index is 1130. The molecule has 0 rings (SSSR count). The number of hydrogen-bond acceptors (Lipinski definition) is 6. The molecule has 0 amide bonds. The van der Waals surface area contributed by atoms with Gasteiger partial charge in [-0.1, -0.05) is 282 Å². The average Bonchev–Trinajstić information content (AvgIpc) is 3.33. The van der Waals surface area contributed by atoms with Crippen molar-refractivity contribution in [2.45, 2.75) is 322 Å². The molecule has 0 aliphatic rings. The van der Waals surface area contributed by atoms with Crippen molar-refractivity contribution in [3.05, 3.63) is 36.5 Å². The van der Waals surface area contributed by atoms with E-state index in [1.54, 1.807) is 0 Å². The Hall–Kier alpha value is -2.37. The summed E-state index contributed by atoms with van der Waals surface area (Å²) in [5.41, 5.74) is 0. The Morgan fingerprint density at radius 2 is 0.582 bits per heavy atom. The highest BCUT2D eigenvalue weighted by molar-refractivity contribution is 5.71. The van der Waals surface area contributed by atoms with E-state index in [1.807, 2.05) is 0 Å². The van der Waals surface area contributed by atoms with Crippen LogP contribution in [0, 0.1) is 0 Å². The summed E-state index contributed by atoms with van der Waals surface area (Å²) in [7, 11) is 0. The summed E-state index contributed by atoms with van der Waals surface area (Å²) < 4.78 is 16.9. The fourth-order valence-corrected chi connectivity index (χ4v) is 8.75. The second kappa shape index (κ2) is 56.2. The van der Waals surface area contributed by atoms with Gasteiger partial charge in [-0.2, -0.15) is 0 Å². The number of ether oxygens (including phenoxy) is 3. The van der Waals surface area contributed by atoms with Gasteiger partial charge < -0.3 is 14.2 Å². The van der Waals surface area contributed by atoms with E-state index in [4.69, 9.17) is 14.2 Å². The molecule has 392 valence electrons. The Balaban J connectivity index is 4.34. The molecular weight excluding hydrogens is 829 g/mol. The van der Waals surface area contributed by atoms with Gasteiger partial charge in [-0.3, -0.25) is 14.4 Å². The maximum atomic E-state index is 12.9. The van der Waals surface area contributed by atoms with E-state index in [0.717, 1.165) is 83.5 Å². The van der Waals surface area contributed by atoms with E-state index in [1.165, 1.54) is 193 Å². The highest BCUT2D eigenvalue weighted by Gasteiger charge is 2.19. The van der Waals surface area contributed by atoms with Gasteiger partial charge in [0.25, 0.3) is 0 Å². The summed E-state index contributed by atoms with van der Waals surface area (Å²) in [6.07, 6.45) is 67.0. The topological polar surface area (TPSA) is 78.9 Å². The lowest BCUT2D eigenvalue weighted by atomic mass is 10.0. The van der Waals surface area contributed by atoms with E-state index in [0.29, 0.717) is 19.3 Å². The molecule has 0 bridgehead atoms. The minimum atomic E-state index is -0.775. The first kappa shape index (κ1) is 64.6. The van der Waals surface area contributed by atoms with Crippen molar-refractivity contribution in [3.63, 3.8) is 0 Å². The van der Waals surface area contributed by atoms with Gasteiger partial charge in [-0.25, -0.2) is 0 Å². The maximum Gasteiger partial charge on any atom is 0.306 e. The molecule has 0 radical (unpaired) electrons. The summed E-state index contributed by atoms with van der Waals surface area (Å²) in [5, 5.41) is 0. The molecule has 0 saturated heterocycles. The third kappa shape index (κ3) is 54.4. The summed E-state index contributed by atoms with van der Waals surface area (Å²) >= 11 is 0. The van der Waals surface area contributed by atoms with Gasteiger partial charge >= 0.3 is 17.9 Å². The van der Waals surface area contributed by atoms with Crippen molar-refractivity contribution in [2.75, 3.05) is 13.2 Å². The molecule has 0 heterocycles. The van der Waals surface area contributed by atoms with Gasteiger partial charge in [0.15, 0.2) is 6.10 Å². The van der Waals surface area contributed by atoms with Gasteiger partial charge in [-0.15, -0.1) is 0 Å².